The Hall–Kier alpha value is -1.66. The van der Waals surface area contributed by atoms with Crippen molar-refractivity contribution < 1.29 is 9.90 Å². The Bertz CT molecular complexity index is 958. The van der Waals surface area contributed by atoms with E-state index in [2.05, 4.69) is 4.90 Å². The molecule has 0 aliphatic carbocycles. The summed E-state index contributed by atoms with van der Waals surface area (Å²) < 4.78 is 1.10. The van der Waals surface area contributed by atoms with Crippen molar-refractivity contribution in [3.8, 4) is 0 Å². The van der Waals surface area contributed by atoms with Crippen LogP contribution in [0.25, 0.3) is 10.2 Å². The van der Waals surface area contributed by atoms with Crippen LogP contribution in [0, 0.1) is 5.92 Å². The zero-order valence-corrected chi connectivity index (χ0v) is 16.8. The van der Waals surface area contributed by atoms with Gasteiger partial charge in [-0.3, -0.25) is 9.69 Å². The van der Waals surface area contributed by atoms with Crippen LogP contribution in [0.5, 0.6) is 0 Å². The molecule has 4 nitrogen and oxygen atoms in total. The molecule has 1 aromatic heterocycles. The summed E-state index contributed by atoms with van der Waals surface area (Å²) in [5.41, 5.74) is 1.81. The third-order valence-electron chi connectivity index (χ3n) is 4.99. The van der Waals surface area contributed by atoms with Gasteiger partial charge in [-0.15, -0.1) is 11.3 Å². The molecule has 1 fully saturated rings. The van der Waals surface area contributed by atoms with E-state index in [0.717, 1.165) is 33.8 Å². The van der Waals surface area contributed by atoms with E-state index in [1.165, 1.54) is 0 Å². The largest absolute Gasteiger partial charge is 0.481 e. The zero-order chi connectivity index (χ0) is 19.0. The molecule has 27 heavy (non-hydrogen) atoms. The molecule has 0 radical (unpaired) electrons. The van der Waals surface area contributed by atoms with Crippen molar-refractivity contribution in [3.05, 3.63) is 63.1 Å². The summed E-state index contributed by atoms with van der Waals surface area (Å²) in [6.45, 7) is 1.27. The van der Waals surface area contributed by atoms with Crippen molar-refractivity contribution in [3.63, 3.8) is 0 Å². The van der Waals surface area contributed by atoms with E-state index in [0.29, 0.717) is 23.0 Å². The van der Waals surface area contributed by atoms with Gasteiger partial charge in [-0.25, -0.2) is 4.98 Å². The van der Waals surface area contributed by atoms with E-state index in [4.69, 9.17) is 28.2 Å². The van der Waals surface area contributed by atoms with Crippen LogP contribution >= 0.6 is 34.5 Å². The maximum Gasteiger partial charge on any atom is 0.307 e. The van der Waals surface area contributed by atoms with E-state index in [1.807, 2.05) is 36.4 Å². The summed E-state index contributed by atoms with van der Waals surface area (Å²) in [7, 11) is 0. The van der Waals surface area contributed by atoms with Crippen molar-refractivity contribution in [1.29, 1.82) is 0 Å². The average molecular weight is 421 g/mol. The second kappa shape index (κ2) is 7.76. The number of hydrogen-bond donors (Lipinski definition) is 1. The number of carboxylic acids is 1. The van der Waals surface area contributed by atoms with Crippen LogP contribution < -0.4 is 0 Å². The SMILES string of the molecule is O=C(O)C1CCCN(C(c2nc3ccccc3s2)c2cccc(Cl)c2Cl)C1. The fraction of sp³-hybridized carbons (Fsp3) is 0.300. The Balaban J connectivity index is 1.82. The van der Waals surface area contributed by atoms with Gasteiger partial charge in [0.1, 0.15) is 5.01 Å². The highest BCUT2D eigenvalue weighted by Gasteiger charge is 2.34. The normalized spacial score (nSPS) is 19.3. The van der Waals surface area contributed by atoms with Gasteiger partial charge < -0.3 is 5.11 Å². The molecule has 0 saturated carbocycles. The number of thiazole rings is 1. The predicted molar refractivity (Wildman–Crippen MR) is 110 cm³/mol. The Morgan fingerprint density at radius 1 is 1.22 bits per heavy atom. The molecule has 0 amide bonds. The van der Waals surface area contributed by atoms with Crippen molar-refractivity contribution in [2.24, 2.45) is 5.92 Å². The Kier molecular flexibility index (Phi) is 5.37. The van der Waals surface area contributed by atoms with Crippen LogP contribution in [0.1, 0.15) is 29.5 Å². The van der Waals surface area contributed by atoms with E-state index in [1.54, 1.807) is 17.4 Å². The van der Waals surface area contributed by atoms with Crippen LogP contribution in [0.4, 0.5) is 0 Å². The number of rotatable bonds is 4. The van der Waals surface area contributed by atoms with E-state index in [9.17, 15) is 9.90 Å². The lowest BCUT2D eigenvalue weighted by molar-refractivity contribution is -0.143. The summed E-state index contributed by atoms with van der Waals surface area (Å²) in [5.74, 6) is -1.13. The molecular formula is C20H18Cl2N2O2S. The number of benzene rings is 2. The number of fused-ring (bicyclic) bond motifs is 1. The molecule has 0 bridgehead atoms. The van der Waals surface area contributed by atoms with E-state index >= 15 is 0 Å². The average Bonchev–Trinajstić information content (AvgIpc) is 3.09. The molecule has 0 spiro atoms. The maximum atomic E-state index is 11.6. The van der Waals surface area contributed by atoms with Gasteiger partial charge in [0, 0.05) is 6.54 Å². The summed E-state index contributed by atoms with van der Waals surface area (Å²) in [4.78, 5) is 18.6. The van der Waals surface area contributed by atoms with E-state index in [-0.39, 0.29) is 12.0 Å². The third-order valence-corrected chi connectivity index (χ3v) is 6.91. The van der Waals surface area contributed by atoms with Crippen molar-refractivity contribution in [2.45, 2.75) is 18.9 Å². The minimum Gasteiger partial charge on any atom is -0.481 e. The number of halogens is 2. The fourth-order valence-corrected chi connectivity index (χ4v) is 5.20. The van der Waals surface area contributed by atoms with Gasteiger partial charge in [-0.1, -0.05) is 47.5 Å². The molecule has 1 aliphatic rings. The molecule has 140 valence electrons. The molecule has 4 rings (SSSR count). The van der Waals surface area contributed by atoms with Gasteiger partial charge >= 0.3 is 5.97 Å². The number of hydrogen-bond acceptors (Lipinski definition) is 4. The molecule has 2 heterocycles. The summed E-state index contributed by atoms with van der Waals surface area (Å²) >= 11 is 14.5. The first-order chi connectivity index (χ1) is 13.0. The van der Waals surface area contributed by atoms with Crippen molar-refractivity contribution in [2.75, 3.05) is 13.1 Å². The number of aliphatic carboxylic acids is 1. The smallest absolute Gasteiger partial charge is 0.307 e. The lowest BCUT2D eigenvalue weighted by atomic mass is 9.95. The highest BCUT2D eigenvalue weighted by atomic mass is 35.5. The molecule has 1 saturated heterocycles. The highest BCUT2D eigenvalue weighted by Crippen LogP contribution is 2.41. The fourth-order valence-electron chi connectivity index (χ4n) is 3.67. The number of likely N-dealkylation sites (tertiary alicyclic amines) is 1. The Morgan fingerprint density at radius 2 is 2.04 bits per heavy atom. The predicted octanol–water partition coefficient (Wildman–Crippen LogP) is 5.49. The first-order valence-corrected chi connectivity index (χ1v) is 10.4. The molecule has 7 heteroatoms. The quantitative estimate of drug-likeness (QED) is 0.605. The zero-order valence-electron chi connectivity index (χ0n) is 14.4. The number of aromatic nitrogens is 1. The lowest BCUT2D eigenvalue weighted by Crippen LogP contribution is -2.41. The van der Waals surface area contributed by atoms with Gasteiger partial charge in [-0.2, -0.15) is 0 Å². The molecule has 2 atom stereocenters. The van der Waals surface area contributed by atoms with Crippen LogP contribution in [-0.2, 0) is 4.79 Å². The monoisotopic (exact) mass is 420 g/mol. The van der Waals surface area contributed by atoms with Crippen molar-refractivity contribution >= 4 is 50.7 Å². The summed E-state index contributed by atoms with van der Waals surface area (Å²) in [6.07, 6.45) is 1.53. The van der Waals surface area contributed by atoms with Gasteiger partial charge in [0.05, 0.1) is 32.2 Å². The number of nitrogens with zero attached hydrogens (tertiary/aromatic N) is 2. The molecule has 3 aromatic rings. The summed E-state index contributed by atoms with van der Waals surface area (Å²) in [5, 5.41) is 11.4. The topological polar surface area (TPSA) is 53.4 Å². The third kappa shape index (κ3) is 3.69. The minimum atomic E-state index is -0.750. The second-order valence-corrected chi connectivity index (χ2v) is 8.59. The minimum absolute atomic E-state index is 0.212. The lowest BCUT2D eigenvalue weighted by Gasteiger charge is -2.36. The van der Waals surface area contributed by atoms with Crippen LogP contribution in [0.15, 0.2) is 42.5 Å². The first kappa shape index (κ1) is 18.7. The van der Waals surface area contributed by atoms with Gasteiger partial charge in [0.15, 0.2) is 0 Å². The molecule has 2 aromatic carbocycles. The van der Waals surface area contributed by atoms with Gasteiger partial charge in [0.25, 0.3) is 0 Å². The van der Waals surface area contributed by atoms with Gasteiger partial charge in [-0.05, 0) is 43.1 Å². The molecule has 1 N–H and O–H groups in total. The van der Waals surface area contributed by atoms with Gasteiger partial charge in [0.2, 0.25) is 0 Å². The van der Waals surface area contributed by atoms with Crippen LogP contribution in [0.2, 0.25) is 10.0 Å². The number of piperidine rings is 1. The Morgan fingerprint density at radius 3 is 2.81 bits per heavy atom. The second-order valence-electron chi connectivity index (χ2n) is 6.74. The number of para-hydroxylation sites is 1. The standard InChI is InChI=1S/C20H18Cl2N2O2S/c21-14-7-3-6-13(17(14)22)18(24-10-4-5-12(11-24)20(25)26)19-23-15-8-1-2-9-16(15)27-19/h1-3,6-9,12,18H,4-5,10-11H2,(H,25,26). The molecule has 2 unspecified atom stereocenters. The highest BCUT2D eigenvalue weighted by molar-refractivity contribution is 7.18. The van der Waals surface area contributed by atoms with Crippen LogP contribution in [0.3, 0.4) is 0 Å². The summed E-state index contributed by atoms with van der Waals surface area (Å²) in [6, 6.07) is 13.4. The first-order valence-electron chi connectivity index (χ1n) is 8.81. The Labute approximate surface area is 171 Å². The molecule has 1 aliphatic heterocycles. The van der Waals surface area contributed by atoms with Crippen LogP contribution in [-0.4, -0.2) is 34.0 Å². The van der Waals surface area contributed by atoms with E-state index < -0.39 is 5.97 Å². The molecular weight excluding hydrogens is 403 g/mol. The number of carboxylic acid groups (broad SMARTS) is 1. The number of carbonyl (C=O) groups is 1. The van der Waals surface area contributed by atoms with Crippen molar-refractivity contribution in [1.82, 2.24) is 9.88 Å². The maximum absolute atomic E-state index is 11.6.